The first-order valence-corrected chi connectivity index (χ1v) is 11.2. The molecule has 3 aromatic carbocycles. The van der Waals surface area contributed by atoms with Gasteiger partial charge in [0.1, 0.15) is 12.4 Å². The maximum Gasteiger partial charge on any atom is 0.261 e. The molecule has 0 fully saturated rings. The summed E-state index contributed by atoms with van der Waals surface area (Å²) in [4.78, 5) is 38.5. The van der Waals surface area contributed by atoms with E-state index in [0.29, 0.717) is 22.4 Å². The maximum absolute atomic E-state index is 12.6. The second-order valence-corrected chi connectivity index (χ2v) is 7.99. The number of carbonyl (C=O) groups excluding carboxylic acids is 3. The average molecular weight is 500 g/mol. The van der Waals surface area contributed by atoms with Gasteiger partial charge in [0, 0.05) is 17.3 Å². The van der Waals surface area contributed by atoms with Gasteiger partial charge in [-0.3, -0.25) is 14.5 Å². The van der Waals surface area contributed by atoms with Crippen molar-refractivity contribution < 1.29 is 33.7 Å². The molecule has 1 unspecified atom stereocenters. The van der Waals surface area contributed by atoms with Gasteiger partial charge in [-0.05, 0) is 42.5 Å². The maximum atomic E-state index is 12.6. The van der Waals surface area contributed by atoms with Crippen LogP contribution in [0.2, 0.25) is 0 Å². The fourth-order valence-electron chi connectivity index (χ4n) is 3.99. The number of hydrogen-bond donors (Lipinski definition) is 1. The molecule has 188 valence electrons. The van der Waals surface area contributed by atoms with Crippen molar-refractivity contribution in [3.63, 3.8) is 0 Å². The topological polar surface area (TPSA) is 141 Å². The number of benzene rings is 3. The highest BCUT2D eigenvalue weighted by Crippen LogP contribution is 2.38. The molecule has 37 heavy (non-hydrogen) atoms. The molecule has 3 aromatic rings. The van der Waals surface area contributed by atoms with Crippen LogP contribution in [0.5, 0.6) is 17.2 Å². The van der Waals surface area contributed by atoms with Crippen molar-refractivity contribution in [3.05, 3.63) is 82.9 Å². The van der Waals surface area contributed by atoms with E-state index in [1.165, 1.54) is 26.4 Å². The molecule has 0 saturated carbocycles. The molecule has 1 atom stereocenters. The van der Waals surface area contributed by atoms with Crippen LogP contribution in [0.4, 0.5) is 5.69 Å². The number of nitrogens with one attached hydrogen (secondary N) is 1. The van der Waals surface area contributed by atoms with Crippen LogP contribution in [0.15, 0.2) is 60.7 Å². The van der Waals surface area contributed by atoms with Gasteiger partial charge in [-0.15, -0.1) is 0 Å². The number of imide groups is 1. The van der Waals surface area contributed by atoms with Crippen LogP contribution in [-0.2, 0) is 4.79 Å². The molecule has 10 heteroatoms. The largest absolute Gasteiger partial charge is 0.548 e. The Morgan fingerprint density at radius 2 is 1.57 bits per heavy atom. The normalized spacial score (nSPS) is 12.9. The molecule has 0 aliphatic carbocycles. The van der Waals surface area contributed by atoms with Crippen molar-refractivity contribution in [2.75, 3.05) is 32.7 Å². The van der Waals surface area contributed by atoms with Crippen molar-refractivity contribution >= 4 is 23.5 Å². The van der Waals surface area contributed by atoms with Gasteiger partial charge in [-0.1, -0.05) is 12.1 Å². The Morgan fingerprint density at radius 3 is 2.11 bits per heavy atom. The van der Waals surface area contributed by atoms with Gasteiger partial charge in [0.25, 0.3) is 11.8 Å². The molecule has 0 bridgehead atoms. The van der Waals surface area contributed by atoms with Crippen LogP contribution in [0.25, 0.3) is 0 Å². The number of carboxylic acid groups (broad SMARTS) is 1. The number of anilines is 1. The van der Waals surface area contributed by atoms with Crippen LogP contribution < -0.4 is 24.6 Å². The molecule has 10 nitrogen and oxygen atoms in total. The highest BCUT2D eigenvalue weighted by Gasteiger charge is 2.35. The molecular formula is C27H22N3O7-. The molecule has 1 aliphatic heterocycles. The predicted molar refractivity (Wildman–Crippen MR) is 129 cm³/mol. The van der Waals surface area contributed by atoms with Gasteiger partial charge in [-0.25, -0.2) is 0 Å². The summed E-state index contributed by atoms with van der Waals surface area (Å²) in [5.74, 6) is -1.61. The van der Waals surface area contributed by atoms with Crippen LogP contribution in [0.1, 0.15) is 37.9 Å². The van der Waals surface area contributed by atoms with Gasteiger partial charge in [0.2, 0.25) is 0 Å². The molecule has 4 rings (SSSR count). The molecule has 0 aromatic heterocycles. The first-order chi connectivity index (χ1) is 17.9. The Balaban J connectivity index is 1.60. The molecule has 1 N–H and O–H groups in total. The number of methoxy groups -OCH3 is 2. The standard InChI is InChI=1S/C27H23N3O7/c1-35-22-13-20(24(27(33)34)29-17-9-7-16(15-28)8-10-17)21(14-23(22)36-2)37-12-11-30-25(31)18-5-3-4-6-19(18)26(30)32/h3-10,13-14,24,29H,11-12H2,1-2H3,(H,33,34)/p-1. The Kier molecular flexibility index (Phi) is 7.25. The minimum atomic E-state index is -1.44. The van der Waals surface area contributed by atoms with E-state index in [-0.39, 0.29) is 36.0 Å². The second kappa shape index (κ2) is 10.7. The van der Waals surface area contributed by atoms with Gasteiger partial charge in [0.15, 0.2) is 11.5 Å². The van der Waals surface area contributed by atoms with E-state index in [1.807, 2.05) is 6.07 Å². The van der Waals surface area contributed by atoms with E-state index in [0.717, 1.165) is 4.90 Å². The highest BCUT2D eigenvalue weighted by molar-refractivity contribution is 6.21. The van der Waals surface area contributed by atoms with E-state index in [1.54, 1.807) is 48.5 Å². The first-order valence-electron chi connectivity index (χ1n) is 11.2. The molecule has 1 aliphatic rings. The minimum Gasteiger partial charge on any atom is -0.548 e. The van der Waals surface area contributed by atoms with Crippen LogP contribution in [0.3, 0.4) is 0 Å². The third kappa shape index (κ3) is 5.01. The van der Waals surface area contributed by atoms with Crippen molar-refractivity contribution in [2.24, 2.45) is 0 Å². The summed E-state index contributed by atoms with van der Waals surface area (Å²) < 4.78 is 16.6. The lowest BCUT2D eigenvalue weighted by Crippen LogP contribution is -2.35. The fourth-order valence-corrected chi connectivity index (χ4v) is 3.99. The number of carbonyl (C=O) groups is 3. The molecule has 2 amide bonds. The van der Waals surface area contributed by atoms with Gasteiger partial charge < -0.3 is 29.4 Å². The van der Waals surface area contributed by atoms with Crippen LogP contribution >= 0.6 is 0 Å². The number of amides is 2. The number of carboxylic acids is 1. The number of fused-ring (bicyclic) bond motifs is 1. The second-order valence-electron chi connectivity index (χ2n) is 7.99. The highest BCUT2D eigenvalue weighted by atomic mass is 16.5. The molecule has 1 heterocycles. The molecular weight excluding hydrogens is 478 g/mol. The number of ether oxygens (including phenoxy) is 3. The monoisotopic (exact) mass is 500 g/mol. The summed E-state index contributed by atoms with van der Waals surface area (Å²) in [5.41, 5.74) is 1.66. The first kappa shape index (κ1) is 25.1. The number of aliphatic carboxylic acids is 1. The van der Waals surface area contributed by atoms with E-state index in [2.05, 4.69) is 5.32 Å². The Labute approximate surface area is 212 Å². The summed E-state index contributed by atoms with van der Waals surface area (Å²) in [7, 11) is 2.83. The Hall–Kier alpha value is -5.04. The average Bonchev–Trinajstić information content (AvgIpc) is 3.16. The summed E-state index contributed by atoms with van der Waals surface area (Å²) in [6.45, 7) is -0.163. The summed E-state index contributed by atoms with van der Waals surface area (Å²) in [6, 6.07) is 16.3. The molecule has 0 spiro atoms. The van der Waals surface area contributed by atoms with E-state index in [9.17, 15) is 19.5 Å². The summed E-state index contributed by atoms with van der Waals surface area (Å²) in [5, 5.41) is 24.0. The van der Waals surface area contributed by atoms with Crippen LogP contribution in [-0.4, -0.2) is 50.1 Å². The predicted octanol–water partition coefficient (Wildman–Crippen LogP) is 2.15. The molecule has 0 radical (unpaired) electrons. The number of nitrogens with zero attached hydrogens (tertiary/aromatic N) is 2. The minimum absolute atomic E-state index is 0.0564. The van der Waals surface area contributed by atoms with Gasteiger partial charge in [-0.2, -0.15) is 5.26 Å². The van der Waals surface area contributed by atoms with Crippen LogP contribution in [0, 0.1) is 11.3 Å². The summed E-state index contributed by atoms with van der Waals surface area (Å²) in [6.07, 6.45) is 0. The van der Waals surface area contributed by atoms with Gasteiger partial charge >= 0.3 is 0 Å². The lowest BCUT2D eigenvalue weighted by molar-refractivity contribution is -0.307. The number of rotatable bonds is 10. The van der Waals surface area contributed by atoms with Crippen molar-refractivity contribution in [1.29, 1.82) is 5.26 Å². The van der Waals surface area contributed by atoms with E-state index >= 15 is 0 Å². The van der Waals surface area contributed by atoms with Gasteiger partial charge in [0.05, 0.1) is 55.5 Å². The fraction of sp³-hybridized carbons (Fsp3) is 0.185. The molecule has 0 saturated heterocycles. The third-order valence-electron chi connectivity index (χ3n) is 5.84. The lowest BCUT2D eigenvalue weighted by Gasteiger charge is -2.25. The number of nitriles is 1. The Bertz CT molecular complexity index is 1360. The van der Waals surface area contributed by atoms with Crippen molar-refractivity contribution in [1.82, 2.24) is 4.90 Å². The quantitative estimate of drug-likeness (QED) is 0.415. The smallest absolute Gasteiger partial charge is 0.261 e. The van der Waals surface area contributed by atoms with Crippen molar-refractivity contribution in [2.45, 2.75) is 6.04 Å². The zero-order chi connectivity index (χ0) is 26.5. The SMILES string of the molecule is COc1cc(OCCN2C(=O)c3ccccc3C2=O)c(C(Nc2ccc(C#N)cc2)C(=O)[O-])cc1OC. The zero-order valence-corrected chi connectivity index (χ0v) is 20.0. The van der Waals surface area contributed by atoms with Crippen molar-refractivity contribution in [3.8, 4) is 23.3 Å². The van der Waals surface area contributed by atoms with E-state index in [4.69, 9.17) is 19.5 Å². The zero-order valence-electron chi connectivity index (χ0n) is 20.0. The summed E-state index contributed by atoms with van der Waals surface area (Å²) >= 11 is 0. The lowest BCUT2D eigenvalue weighted by atomic mass is 10.0. The Morgan fingerprint density at radius 1 is 0.973 bits per heavy atom. The third-order valence-corrected chi connectivity index (χ3v) is 5.84. The van der Waals surface area contributed by atoms with E-state index < -0.39 is 23.8 Å². The number of hydrogen-bond acceptors (Lipinski definition) is 9.